The van der Waals surface area contributed by atoms with Gasteiger partial charge < -0.3 is 9.15 Å². The highest BCUT2D eigenvalue weighted by molar-refractivity contribution is 5.72. The van der Waals surface area contributed by atoms with Gasteiger partial charge in [0.2, 0.25) is 0 Å². The predicted octanol–water partition coefficient (Wildman–Crippen LogP) is 4.01. The second-order valence-electron chi connectivity index (χ2n) is 5.25. The lowest BCUT2D eigenvalue weighted by Crippen LogP contribution is -2.00. The molecule has 0 saturated heterocycles. The zero-order valence-corrected chi connectivity index (χ0v) is 11.0. The molecule has 0 aliphatic heterocycles. The van der Waals surface area contributed by atoms with Crippen LogP contribution >= 0.6 is 0 Å². The average Bonchev–Trinajstić information content (AvgIpc) is 3.15. The molecule has 0 N–H and O–H groups in total. The van der Waals surface area contributed by atoms with Gasteiger partial charge in [0.1, 0.15) is 11.3 Å². The average molecular weight is 265 g/mol. The first-order chi connectivity index (χ1) is 9.90. The first kappa shape index (κ1) is 11.5. The van der Waals surface area contributed by atoms with Crippen LogP contribution in [0.4, 0.5) is 0 Å². The quantitative estimate of drug-likeness (QED) is 0.715. The van der Waals surface area contributed by atoms with Crippen LogP contribution in [-0.4, -0.2) is 11.6 Å². The van der Waals surface area contributed by atoms with Crippen LogP contribution in [0.1, 0.15) is 18.2 Å². The predicted molar refractivity (Wildman–Crippen MR) is 76.8 cm³/mol. The van der Waals surface area contributed by atoms with Crippen molar-refractivity contribution in [1.82, 2.24) is 4.98 Å². The van der Waals surface area contributed by atoms with Crippen molar-refractivity contribution in [2.24, 2.45) is 5.92 Å². The Labute approximate surface area is 117 Å². The van der Waals surface area contributed by atoms with E-state index in [2.05, 4.69) is 4.98 Å². The van der Waals surface area contributed by atoms with E-state index in [0.29, 0.717) is 11.8 Å². The van der Waals surface area contributed by atoms with Gasteiger partial charge in [0, 0.05) is 11.8 Å². The van der Waals surface area contributed by atoms with Crippen LogP contribution in [0, 0.1) is 5.92 Å². The van der Waals surface area contributed by atoms with Gasteiger partial charge in [0.15, 0.2) is 11.5 Å². The Kier molecular flexibility index (Phi) is 2.69. The van der Waals surface area contributed by atoms with Gasteiger partial charge in [-0.05, 0) is 30.7 Å². The van der Waals surface area contributed by atoms with Crippen LogP contribution in [0.5, 0.6) is 5.75 Å². The van der Waals surface area contributed by atoms with Gasteiger partial charge >= 0.3 is 0 Å². The molecule has 1 heterocycles. The third-order valence-corrected chi connectivity index (χ3v) is 3.76. The Morgan fingerprint density at radius 2 is 1.85 bits per heavy atom. The van der Waals surface area contributed by atoms with Gasteiger partial charge in [0.25, 0.3) is 0 Å². The Hall–Kier alpha value is -2.29. The minimum atomic E-state index is 0.408. The highest BCUT2D eigenvalue weighted by Gasteiger charge is 2.42. The molecule has 1 aromatic heterocycles. The fourth-order valence-electron chi connectivity index (χ4n) is 2.50. The highest BCUT2D eigenvalue weighted by Crippen LogP contribution is 2.47. The van der Waals surface area contributed by atoms with Crippen molar-refractivity contribution in [1.29, 1.82) is 0 Å². The van der Waals surface area contributed by atoms with Gasteiger partial charge in [-0.2, -0.15) is 0 Å². The molecule has 0 amide bonds. The number of aromatic nitrogens is 1. The van der Waals surface area contributed by atoms with Crippen LogP contribution in [0.2, 0.25) is 0 Å². The molecule has 3 heteroatoms. The van der Waals surface area contributed by atoms with Gasteiger partial charge in [-0.25, -0.2) is 4.98 Å². The number of nitrogens with zero attached hydrogens (tertiary/aromatic N) is 1. The maximum atomic E-state index is 5.81. The molecule has 0 radical (unpaired) electrons. The lowest BCUT2D eigenvalue weighted by Gasteiger charge is -2.04. The van der Waals surface area contributed by atoms with E-state index in [1.54, 1.807) is 0 Å². The Morgan fingerprint density at radius 1 is 1.05 bits per heavy atom. The summed E-state index contributed by atoms with van der Waals surface area (Å²) in [7, 11) is 0. The summed E-state index contributed by atoms with van der Waals surface area (Å²) in [6.07, 6.45) is 1.10. The maximum absolute atomic E-state index is 5.81. The summed E-state index contributed by atoms with van der Waals surface area (Å²) in [6, 6.07) is 17.8. The minimum Gasteiger partial charge on any atom is -0.493 e. The first-order valence-electron chi connectivity index (χ1n) is 6.93. The molecule has 0 unspecified atom stereocenters. The monoisotopic (exact) mass is 265 g/mol. The van der Waals surface area contributed by atoms with Crippen molar-refractivity contribution in [3.05, 3.63) is 60.5 Å². The standard InChI is InChI=1S/C17H15NO2/c1-2-6-13(7-3-1)19-11-12-10-14(12)17-18-15-8-4-5-9-16(15)20-17/h1-9,12,14H,10-11H2/t12-,14+/m1/s1. The van der Waals surface area contributed by atoms with Crippen LogP contribution < -0.4 is 4.74 Å². The van der Waals surface area contributed by atoms with E-state index in [1.165, 1.54) is 0 Å². The summed E-state index contributed by atoms with van der Waals surface area (Å²) in [5.41, 5.74) is 1.81. The molecule has 20 heavy (non-hydrogen) atoms. The SMILES string of the molecule is c1ccc(OC[C@H]2C[C@@H]2c2nc3ccccc3o2)cc1. The summed E-state index contributed by atoms with van der Waals surface area (Å²) in [5, 5.41) is 0. The summed E-state index contributed by atoms with van der Waals surface area (Å²) < 4.78 is 11.6. The molecular weight excluding hydrogens is 250 g/mol. The molecule has 3 nitrogen and oxygen atoms in total. The third-order valence-electron chi connectivity index (χ3n) is 3.76. The largest absolute Gasteiger partial charge is 0.493 e. The Balaban J connectivity index is 1.42. The van der Waals surface area contributed by atoms with E-state index in [-0.39, 0.29) is 0 Å². The number of hydrogen-bond acceptors (Lipinski definition) is 3. The smallest absolute Gasteiger partial charge is 0.199 e. The van der Waals surface area contributed by atoms with Gasteiger partial charge in [0.05, 0.1) is 6.61 Å². The van der Waals surface area contributed by atoms with Crippen LogP contribution in [0.15, 0.2) is 59.0 Å². The van der Waals surface area contributed by atoms with Crippen LogP contribution in [0.25, 0.3) is 11.1 Å². The summed E-state index contributed by atoms with van der Waals surface area (Å²) >= 11 is 0. The summed E-state index contributed by atoms with van der Waals surface area (Å²) in [4.78, 5) is 4.56. The number of ether oxygens (including phenoxy) is 1. The Bertz CT molecular complexity index is 687. The minimum absolute atomic E-state index is 0.408. The number of oxazole rings is 1. The molecule has 1 fully saturated rings. The molecule has 0 spiro atoms. The maximum Gasteiger partial charge on any atom is 0.199 e. The van der Waals surface area contributed by atoms with Gasteiger partial charge in [-0.15, -0.1) is 0 Å². The molecule has 1 aliphatic rings. The lowest BCUT2D eigenvalue weighted by molar-refractivity contribution is 0.294. The molecule has 4 rings (SSSR count). The normalized spacial score (nSPS) is 21.0. The molecular formula is C17H15NO2. The van der Waals surface area contributed by atoms with E-state index in [4.69, 9.17) is 9.15 Å². The van der Waals surface area contributed by atoms with Gasteiger partial charge in [-0.3, -0.25) is 0 Å². The number of hydrogen-bond donors (Lipinski definition) is 0. The van der Waals surface area contributed by atoms with Crippen LogP contribution in [-0.2, 0) is 0 Å². The molecule has 1 saturated carbocycles. The second-order valence-corrected chi connectivity index (χ2v) is 5.25. The molecule has 1 aliphatic carbocycles. The first-order valence-corrected chi connectivity index (χ1v) is 6.93. The number of para-hydroxylation sites is 3. The molecule has 2 aromatic carbocycles. The summed E-state index contributed by atoms with van der Waals surface area (Å²) in [5.74, 6) is 2.71. The van der Waals surface area contributed by atoms with Crippen molar-refractivity contribution in [2.75, 3.05) is 6.61 Å². The van der Waals surface area contributed by atoms with E-state index in [0.717, 1.165) is 35.8 Å². The number of benzene rings is 2. The second kappa shape index (κ2) is 4.67. The summed E-state index contributed by atoms with van der Waals surface area (Å²) in [6.45, 7) is 0.730. The fourth-order valence-corrected chi connectivity index (χ4v) is 2.50. The fraction of sp³-hybridized carbons (Fsp3) is 0.235. The van der Waals surface area contributed by atoms with Crippen molar-refractivity contribution >= 4 is 11.1 Å². The molecule has 3 aromatic rings. The molecule has 2 atom stereocenters. The molecule has 0 bridgehead atoms. The number of rotatable bonds is 4. The van der Waals surface area contributed by atoms with Gasteiger partial charge in [-0.1, -0.05) is 30.3 Å². The zero-order chi connectivity index (χ0) is 13.4. The topological polar surface area (TPSA) is 35.3 Å². The number of fused-ring (bicyclic) bond motifs is 1. The van der Waals surface area contributed by atoms with Crippen molar-refractivity contribution in [3.8, 4) is 5.75 Å². The van der Waals surface area contributed by atoms with E-state index < -0.39 is 0 Å². The van der Waals surface area contributed by atoms with E-state index >= 15 is 0 Å². The van der Waals surface area contributed by atoms with E-state index in [1.807, 2.05) is 54.6 Å². The van der Waals surface area contributed by atoms with Crippen LogP contribution in [0.3, 0.4) is 0 Å². The molecule has 100 valence electrons. The highest BCUT2D eigenvalue weighted by atomic mass is 16.5. The Morgan fingerprint density at radius 3 is 2.70 bits per heavy atom. The lowest BCUT2D eigenvalue weighted by atomic mass is 10.3. The van der Waals surface area contributed by atoms with Crippen molar-refractivity contribution in [3.63, 3.8) is 0 Å². The van der Waals surface area contributed by atoms with Crippen molar-refractivity contribution < 1.29 is 9.15 Å². The van der Waals surface area contributed by atoms with E-state index in [9.17, 15) is 0 Å². The van der Waals surface area contributed by atoms with Crippen molar-refractivity contribution in [2.45, 2.75) is 12.3 Å². The zero-order valence-electron chi connectivity index (χ0n) is 11.0. The third kappa shape index (κ3) is 2.16.